The molecule has 1 aromatic rings. The molecule has 0 radical (unpaired) electrons. The van der Waals surface area contributed by atoms with Crippen molar-refractivity contribution in [1.82, 2.24) is 4.98 Å². The average molecular weight is 274 g/mol. The molecule has 0 unspecified atom stereocenters. The lowest BCUT2D eigenvalue weighted by molar-refractivity contribution is 0.150. The summed E-state index contributed by atoms with van der Waals surface area (Å²) in [6, 6.07) is 1.07. The smallest absolute Gasteiger partial charge is 0.223 e. The quantitative estimate of drug-likeness (QED) is 0.592. The van der Waals surface area contributed by atoms with E-state index in [1.165, 1.54) is 0 Å². The molecule has 72 valence electrons. The van der Waals surface area contributed by atoms with Crippen LogP contribution < -0.4 is 0 Å². The number of alkyl halides is 3. The number of halogens is 5. The Labute approximate surface area is 86.0 Å². The molecule has 0 atom stereocenters. The number of nitrogens with zero attached hydrogens (tertiary/aromatic N) is 1. The maximum atomic E-state index is 12.8. The van der Waals surface area contributed by atoms with Crippen LogP contribution in [0.3, 0.4) is 0 Å². The summed E-state index contributed by atoms with van der Waals surface area (Å²) in [6.45, 7) is 0. The fourth-order valence-electron chi connectivity index (χ4n) is 0.797. The Bertz CT molecular complexity index is 319. The summed E-state index contributed by atoms with van der Waals surface area (Å²) in [5.74, 6) is -1.06. The highest BCUT2D eigenvalue weighted by Crippen LogP contribution is 2.29. The van der Waals surface area contributed by atoms with Crippen molar-refractivity contribution >= 4 is 27.5 Å². The van der Waals surface area contributed by atoms with Crippen molar-refractivity contribution in [3.8, 4) is 0 Å². The highest BCUT2D eigenvalue weighted by molar-refractivity contribution is 9.08. The molecule has 1 aromatic heterocycles. The molecule has 1 nitrogen and oxygen atoms in total. The number of aromatic nitrogens is 1. The molecule has 0 aliphatic rings. The van der Waals surface area contributed by atoms with E-state index in [0.717, 1.165) is 6.07 Å². The van der Waals surface area contributed by atoms with Crippen molar-refractivity contribution in [3.63, 3.8) is 0 Å². The van der Waals surface area contributed by atoms with E-state index < -0.39 is 23.0 Å². The third-order valence-electron chi connectivity index (χ3n) is 1.37. The Hall–Kier alpha value is -0.290. The number of hydrogen-bond donors (Lipinski definition) is 0. The van der Waals surface area contributed by atoms with Crippen molar-refractivity contribution in [2.45, 2.75) is 11.8 Å². The summed E-state index contributed by atoms with van der Waals surface area (Å²) in [5, 5.41) is -0.402. The van der Waals surface area contributed by atoms with Crippen molar-refractivity contribution in [2.75, 3.05) is 0 Å². The highest BCUT2D eigenvalue weighted by Gasteiger charge is 2.17. The summed E-state index contributed by atoms with van der Waals surface area (Å²) in [7, 11) is 0. The van der Waals surface area contributed by atoms with Crippen LogP contribution in [0.4, 0.5) is 13.2 Å². The first-order valence-corrected chi connectivity index (χ1v) is 4.75. The molecule has 6 heteroatoms. The number of pyridine rings is 1. The number of hydrogen-bond acceptors (Lipinski definition) is 1. The van der Waals surface area contributed by atoms with E-state index >= 15 is 0 Å². The zero-order chi connectivity index (χ0) is 10.0. The van der Waals surface area contributed by atoms with Gasteiger partial charge in [0.25, 0.3) is 6.43 Å². The topological polar surface area (TPSA) is 12.9 Å². The lowest BCUT2D eigenvalue weighted by Crippen LogP contribution is -1.97. The minimum atomic E-state index is -2.79. The van der Waals surface area contributed by atoms with Gasteiger partial charge in [0.1, 0.15) is 5.02 Å². The summed E-state index contributed by atoms with van der Waals surface area (Å²) in [6.07, 6.45) is -2.79. The second-order valence-corrected chi connectivity index (χ2v) is 3.18. The van der Waals surface area contributed by atoms with Crippen LogP contribution in [0.15, 0.2) is 6.07 Å². The predicted molar refractivity (Wildman–Crippen MR) is 46.8 cm³/mol. The van der Waals surface area contributed by atoms with Gasteiger partial charge in [0.15, 0.2) is 0 Å². The van der Waals surface area contributed by atoms with E-state index in [1.807, 2.05) is 0 Å². The van der Waals surface area contributed by atoms with Crippen LogP contribution in [0, 0.1) is 5.95 Å². The summed E-state index contributed by atoms with van der Waals surface area (Å²) < 4.78 is 37.2. The second-order valence-electron chi connectivity index (χ2n) is 2.24. The third-order valence-corrected chi connectivity index (χ3v) is 2.32. The van der Waals surface area contributed by atoms with Gasteiger partial charge < -0.3 is 0 Å². The first-order valence-electron chi connectivity index (χ1n) is 3.25. The fraction of sp³-hybridized carbons (Fsp3) is 0.286. The maximum Gasteiger partial charge on any atom is 0.265 e. The van der Waals surface area contributed by atoms with Crippen LogP contribution in [0.5, 0.6) is 0 Å². The van der Waals surface area contributed by atoms with Crippen molar-refractivity contribution in [2.24, 2.45) is 0 Å². The van der Waals surface area contributed by atoms with Gasteiger partial charge in [-0.25, -0.2) is 13.8 Å². The van der Waals surface area contributed by atoms with Gasteiger partial charge in [-0.1, -0.05) is 27.5 Å². The van der Waals surface area contributed by atoms with Crippen molar-refractivity contribution in [1.29, 1.82) is 0 Å². The van der Waals surface area contributed by atoms with Crippen LogP contribution in [-0.2, 0) is 5.33 Å². The molecule has 1 heterocycles. The van der Waals surface area contributed by atoms with E-state index in [0.29, 0.717) is 0 Å². The van der Waals surface area contributed by atoms with Gasteiger partial charge in [-0.3, -0.25) is 0 Å². The number of rotatable bonds is 2. The Morgan fingerprint density at radius 2 is 2.15 bits per heavy atom. The zero-order valence-corrected chi connectivity index (χ0v) is 8.54. The van der Waals surface area contributed by atoms with Gasteiger partial charge in [0, 0.05) is 10.9 Å². The Morgan fingerprint density at radius 3 is 2.62 bits per heavy atom. The first kappa shape index (κ1) is 10.8. The Morgan fingerprint density at radius 1 is 1.54 bits per heavy atom. The molecule has 13 heavy (non-hydrogen) atoms. The average Bonchev–Trinajstić information content (AvgIpc) is 2.09. The minimum Gasteiger partial charge on any atom is -0.223 e. The van der Waals surface area contributed by atoms with Crippen LogP contribution >= 0.6 is 27.5 Å². The molecular weight excluding hydrogens is 270 g/mol. The lowest BCUT2D eigenvalue weighted by atomic mass is 10.2. The molecule has 0 saturated heterocycles. The molecule has 0 N–H and O–H groups in total. The SMILES string of the molecule is Fc1nc(CBr)cc(C(F)F)c1Cl. The molecule has 0 fully saturated rings. The van der Waals surface area contributed by atoms with Crippen LogP contribution in [-0.4, -0.2) is 4.98 Å². The van der Waals surface area contributed by atoms with E-state index in [-0.39, 0.29) is 11.0 Å². The van der Waals surface area contributed by atoms with Crippen molar-refractivity contribution < 1.29 is 13.2 Å². The van der Waals surface area contributed by atoms with Gasteiger partial charge in [0.05, 0.1) is 5.69 Å². The van der Waals surface area contributed by atoms with E-state index in [9.17, 15) is 13.2 Å². The minimum absolute atomic E-state index is 0.192. The van der Waals surface area contributed by atoms with E-state index in [4.69, 9.17) is 11.6 Å². The molecule has 0 aromatic carbocycles. The predicted octanol–water partition coefficient (Wildman–Crippen LogP) is 3.71. The summed E-state index contributed by atoms with van der Waals surface area (Å²) >= 11 is 8.27. The molecule has 1 rings (SSSR count). The molecule has 0 saturated carbocycles. The van der Waals surface area contributed by atoms with Crippen molar-refractivity contribution in [3.05, 3.63) is 28.3 Å². The molecule has 0 spiro atoms. The molecule has 0 aliphatic carbocycles. The third kappa shape index (κ3) is 2.34. The van der Waals surface area contributed by atoms with Gasteiger partial charge in [-0.2, -0.15) is 4.39 Å². The standard InChI is InChI=1S/C7H4BrClF3N/c8-2-3-1-4(6(10)11)5(9)7(12)13-3/h1,6H,2H2. The molecular formula is C7H4BrClF3N. The second kappa shape index (κ2) is 4.28. The zero-order valence-electron chi connectivity index (χ0n) is 6.20. The van der Waals surface area contributed by atoms with Crippen LogP contribution in [0.25, 0.3) is 0 Å². The van der Waals surface area contributed by atoms with Gasteiger partial charge >= 0.3 is 0 Å². The Balaban J connectivity index is 3.25. The fourth-order valence-corrected chi connectivity index (χ4v) is 1.26. The maximum absolute atomic E-state index is 12.8. The first-order chi connectivity index (χ1) is 6.06. The normalized spacial score (nSPS) is 10.9. The summed E-state index contributed by atoms with van der Waals surface area (Å²) in [4.78, 5) is 3.36. The largest absolute Gasteiger partial charge is 0.265 e. The highest BCUT2D eigenvalue weighted by atomic mass is 79.9. The van der Waals surface area contributed by atoms with E-state index in [1.54, 1.807) is 0 Å². The lowest BCUT2D eigenvalue weighted by Gasteiger charge is -2.05. The molecule has 0 amide bonds. The van der Waals surface area contributed by atoms with Crippen LogP contribution in [0.1, 0.15) is 17.7 Å². The summed E-state index contributed by atoms with van der Waals surface area (Å²) in [5.41, 5.74) is -0.333. The monoisotopic (exact) mass is 273 g/mol. The van der Waals surface area contributed by atoms with Gasteiger partial charge in [-0.15, -0.1) is 0 Å². The molecule has 0 bridgehead atoms. The molecule has 0 aliphatic heterocycles. The van der Waals surface area contributed by atoms with Crippen LogP contribution in [0.2, 0.25) is 5.02 Å². The van der Waals surface area contributed by atoms with Gasteiger partial charge in [0.2, 0.25) is 5.95 Å². The Kier molecular flexibility index (Phi) is 3.55. The van der Waals surface area contributed by atoms with Gasteiger partial charge in [-0.05, 0) is 6.07 Å². The van der Waals surface area contributed by atoms with E-state index in [2.05, 4.69) is 20.9 Å².